The van der Waals surface area contributed by atoms with E-state index in [1.807, 2.05) is 0 Å². The Labute approximate surface area is 189 Å². The van der Waals surface area contributed by atoms with Crippen LogP contribution < -0.4 is 9.73 Å². The third kappa shape index (κ3) is 5.10. The van der Waals surface area contributed by atoms with E-state index in [-0.39, 0.29) is 26.7 Å². The minimum atomic E-state index is -3.73. The maximum atomic E-state index is 12.7. The van der Waals surface area contributed by atoms with Crippen molar-refractivity contribution in [1.82, 2.24) is 5.43 Å². The molecule has 0 atom stereocenters. The molecule has 0 aromatic heterocycles. The van der Waals surface area contributed by atoms with Crippen molar-refractivity contribution >= 4 is 45.1 Å². The van der Waals surface area contributed by atoms with Gasteiger partial charge < -0.3 is 0 Å². The quantitative estimate of drug-likeness (QED) is 0.318. The lowest BCUT2D eigenvalue weighted by atomic mass is 10.2. The zero-order valence-corrected chi connectivity index (χ0v) is 18.2. The highest BCUT2D eigenvalue weighted by Crippen LogP contribution is 2.22. The molecule has 0 saturated heterocycles. The predicted molar refractivity (Wildman–Crippen MR) is 122 cm³/mol. The lowest BCUT2D eigenvalue weighted by molar-refractivity contribution is -0.384. The Kier molecular flexibility index (Phi) is 6.86. The summed E-state index contributed by atoms with van der Waals surface area (Å²) in [6, 6.07) is 17.7. The summed E-state index contributed by atoms with van der Waals surface area (Å²) in [7, 11) is -2.31. The number of sulfonamides is 1. The van der Waals surface area contributed by atoms with Crippen LogP contribution in [-0.2, 0) is 10.0 Å². The van der Waals surface area contributed by atoms with Crippen LogP contribution in [0.25, 0.3) is 0 Å². The number of rotatable bonds is 7. The third-order valence-electron chi connectivity index (χ3n) is 4.45. The van der Waals surface area contributed by atoms with Crippen molar-refractivity contribution in [2.24, 2.45) is 5.10 Å². The summed E-state index contributed by atoms with van der Waals surface area (Å²) in [5.74, 6) is -0.553. The molecule has 9 nitrogen and oxygen atoms in total. The number of hydrogen-bond acceptors (Lipinski definition) is 6. The number of nitro benzene ring substituents is 1. The van der Waals surface area contributed by atoms with Crippen molar-refractivity contribution in [3.05, 3.63) is 99.1 Å². The Morgan fingerprint density at radius 2 is 1.75 bits per heavy atom. The lowest BCUT2D eigenvalue weighted by Crippen LogP contribution is -2.26. The summed E-state index contributed by atoms with van der Waals surface area (Å²) in [5.41, 5.74) is 3.02. The van der Waals surface area contributed by atoms with E-state index in [1.165, 1.54) is 67.9 Å². The predicted octanol–water partition coefficient (Wildman–Crippen LogP) is 3.84. The number of non-ortho nitro benzene ring substituents is 1. The molecule has 1 amide bonds. The van der Waals surface area contributed by atoms with Crippen molar-refractivity contribution < 1.29 is 18.1 Å². The maximum Gasteiger partial charge on any atom is 0.271 e. The Balaban J connectivity index is 1.70. The molecule has 0 spiro atoms. The highest BCUT2D eigenvalue weighted by molar-refractivity contribution is 7.92. The first-order valence-electron chi connectivity index (χ1n) is 9.11. The molecule has 3 rings (SSSR count). The number of amides is 1. The summed E-state index contributed by atoms with van der Waals surface area (Å²) >= 11 is 5.98. The van der Waals surface area contributed by atoms with Gasteiger partial charge in [-0.15, -0.1) is 0 Å². The van der Waals surface area contributed by atoms with E-state index in [4.69, 9.17) is 11.6 Å². The second-order valence-electron chi connectivity index (χ2n) is 6.49. The lowest BCUT2D eigenvalue weighted by Gasteiger charge is -2.19. The van der Waals surface area contributed by atoms with Crippen LogP contribution in [-0.4, -0.2) is 32.5 Å². The first kappa shape index (κ1) is 22.9. The number of halogens is 1. The van der Waals surface area contributed by atoms with Crippen molar-refractivity contribution in [2.45, 2.75) is 4.90 Å². The Morgan fingerprint density at radius 3 is 2.38 bits per heavy atom. The van der Waals surface area contributed by atoms with E-state index < -0.39 is 20.9 Å². The van der Waals surface area contributed by atoms with Crippen LogP contribution in [0.15, 0.2) is 82.8 Å². The number of hydrogen-bond donors (Lipinski definition) is 1. The van der Waals surface area contributed by atoms with Gasteiger partial charge in [0.05, 0.1) is 21.7 Å². The zero-order valence-electron chi connectivity index (χ0n) is 16.7. The molecule has 164 valence electrons. The normalized spacial score (nSPS) is 11.3. The summed E-state index contributed by atoms with van der Waals surface area (Å²) in [5, 5.41) is 14.9. The molecule has 1 N–H and O–H groups in total. The maximum absolute atomic E-state index is 12.7. The van der Waals surface area contributed by atoms with Gasteiger partial charge in [0.25, 0.3) is 21.6 Å². The van der Waals surface area contributed by atoms with E-state index in [9.17, 15) is 23.3 Å². The van der Waals surface area contributed by atoms with Crippen LogP contribution >= 0.6 is 11.6 Å². The van der Waals surface area contributed by atoms with Gasteiger partial charge in [-0.2, -0.15) is 5.10 Å². The van der Waals surface area contributed by atoms with Crippen LogP contribution in [0.4, 0.5) is 11.4 Å². The zero-order chi connectivity index (χ0) is 23.3. The highest BCUT2D eigenvalue weighted by atomic mass is 35.5. The summed E-state index contributed by atoms with van der Waals surface area (Å²) in [6.45, 7) is 0. The fourth-order valence-electron chi connectivity index (χ4n) is 2.68. The molecule has 0 aliphatic heterocycles. The van der Waals surface area contributed by atoms with Crippen molar-refractivity contribution in [2.75, 3.05) is 11.4 Å². The molecule has 0 aliphatic carbocycles. The van der Waals surface area contributed by atoms with Gasteiger partial charge in [0.15, 0.2) is 0 Å². The number of carbonyl (C=O) groups excluding carboxylic acids is 1. The minimum absolute atomic E-state index is 0.151. The largest absolute Gasteiger partial charge is 0.271 e. The first-order valence-corrected chi connectivity index (χ1v) is 10.9. The van der Waals surface area contributed by atoms with Crippen LogP contribution in [0, 0.1) is 10.1 Å². The van der Waals surface area contributed by atoms with E-state index in [1.54, 1.807) is 18.2 Å². The topological polar surface area (TPSA) is 122 Å². The summed E-state index contributed by atoms with van der Waals surface area (Å²) in [4.78, 5) is 22.7. The standard InChI is InChI=1S/C21H17ClN4O5S/c1-25(32(30,31)19-5-3-2-4-6-19)17-9-7-15(8-10-17)21(27)24-23-14-16-13-18(26(28)29)11-12-20(16)22/h2-14H,1H3,(H,24,27)/b23-14-. The van der Waals surface area contributed by atoms with E-state index in [2.05, 4.69) is 10.5 Å². The minimum Gasteiger partial charge on any atom is -0.269 e. The summed E-state index contributed by atoms with van der Waals surface area (Å²) in [6.07, 6.45) is 1.20. The third-order valence-corrected chi connectivity index (χ3v) is 6.60. The summed E-state index contributed by atoms with van der Waals surface area (Å²) < 4.78 is 26.5. The van der Waals surface area contributed by atoms with Gasteiger partial charge in [-0.3, -0.25) is 19.2 Å². The molecule has 0 heterocycles. The number of carbonyl (C=O) groups is 1. The number of nitrogens with zero attached hydrogens (tertiary/aromatic N) is 3. The van der Waals surface area contributed by atoms with Crippen molar-refractivity contribution in [3.63, 3.8) is 0 Å². The van der Waals surface area contributed by atoms with Crippen LogP contribution in [0.2, 0.25) is 5.02 Å². The molecule has 0 radical (unpaired) electrons. The second-order valence-corrected chi connectivity index (χ2v) is 8.87. The number of benzene rings is 3. The molecule has 0 saturated carbocycles. The number of nitro groups is 1. The van der Waals surface area contributed by atoms with Crippen LogP contribution in [0.5, 0.6) is 0 Å². The van der Waals surface area contributed by atoms with Gasteiger partial charge in [-0.1, -0.05) is 29.8 Å². The Hall–Kier alpha value is -3.76. The molecule has 3 aromatic rings. The fraction of sp³-hybridized carbons (Fsp3) is 0.0476. The van der Waals surface area contributed by atoms with Gasteiger partial charge in [0.2, 0.25) is 0 Å². The van der Waals surface area contributed by atoms with E-state index in [0.717, 1.165) is 4.31 Å². The number of anilines is 1. The smallest absolute Gasteiger partial charge is 0.269 e. The highest BCUT2D eigenvalue weighted by Gasteiger charge is 2.21. The van der Waals surface area contributed by atoms with Gasteiger partial charge in [-0.25, -0.2) is 13.8 Å². The van der Waals surface area contributed by atoms with Gasteiger partial charge in [0.1, 0.15) is 0 Å². The molecule has 0 aliphatic rings. The molecule has 11 heteroatoms. The van der Waals surface area contributed by atoms with Crippen molar-refractivity contribution in [3.8, 4) is 0 Å². The fourth-order valence-corrected chi connectivity index (χ4v) is 4.06. The van der Waals surface area contributed by atoms with Gasteiger partial charge in [0, 0.05) is 35.3 Å². The van der Waals surface area contributed by atoms with E-state index in [0.29, 0.717) is 5.69 Å². The van der Waals surface area contributed by atoms with Crippen LogP contribution in [0.3, 0.4) is 0 Å². The average Bonchev–Trinajstić information content (AvgIpc) is 2.80. The molecule has 32 heavy (non-hydrogen) atoms. The first-order chi connectivity index (χ1) is 15.2. The molecular formula is C21H17ClN4O5S. The molecule has 0 bridgehead atoms. The monoisotopic (exact) mass is 472 g/mol. The number of nitrogens with one attached hydrogen (secondary N) is 1. The Morgan fingerprint density at radius 1 is 1.09 bits per heavy atom. The molecular weight excluding hydrogens is 456 g/mol. The van der Waals surface area contributed by atoms with Gasteiger partial charge >= 0.3 is 0 Å². The number of hydrazone groups is 1. The van der Waals surface area contributed by atoms with E-state index >= 15 is 0 Å². The Bertz CT molecular complexity index is 1280. The van der Waals surface area contributed by atoms with Crippen molar-refractivity contribution in [1.29, 1.82) is 0 Å². The molecule has 0 fully saturated rings. The second kappa shape index (κ2) is 9.58. The van der Waals surface area contributed by atoms with Crippen LogP contribution in [0.1, 0.15) is 15.9 Å². The van der Waals surface area contributed by atoms with Gasteiger partial charge in [-0.05, 0) is 42.5 Å². The molecule has 3 aromatic carbocycles. The SMILES string of the molecule is CN(c1ccc(C(=O)N/N=C\c2cc([N+](=O)[O-])ccc2Cl)cc1)S(=O)(=O)c1ccccc1. The molecule has 0 unspecified atom stereocenters. The average molecular weight is 473 g/mol.